The molecule has 0 atom stereocenters. The van der Waals surface area contributed by atoms with Crippen molar-refractivity contribution in [2.24, 2.45) is 0 Å². The van der Waals surface area contributed by atoms with Crippen molar-refractivity contribution in [2.45, 2.75) is 13.3 Å². The summed E-state index contributed by atoms with van der Waals surface area (Å²) in [6.07, 6.45) is 0.963. The van der Waals surface area contributed by atoms with E-state index in [4.69, 9.17) is 14.2 Å². The minimum Gasteiger partial charge on any atom is -0.495 e. The Balaban J connectivity index is 2.34. The molecule has 4 nitrogen and oxygen atoms in total. The second kappa shape index (κ2) is 6.24. The maximum Gasteiger partial charge on any atom is 0.235 e. The molecule has 0 aliphatic rings. The van der Waals surface area contributed by atoms with Crippen molar-refractivity contribution in [1.29, 1.82) is 0 Å². The van der Waals surface area contributed by atoms with Crippen molar-refractivity contribution < 1.29 is 14.2 Å². The lowest BCUT2D eigenvalue weighted by molar-refractivity contribution is 0.349. The third-order valence-corrected chi connectivity index (χ3v) is 4.14. The number of aromatic nitrogens is 1. The third-order valence-electron chi connectivity index (χ3n) is 4.14. The average Bonchev–Trinajstić information content (AvgIpc) is 2.98. The molecule has 2 aromatic carbocycles. The van der Waals surface area contributed by atoms with E-state index in [-0.39, 0.29) is 0 Å². The van der Waals surface area contributed by atoms with Crippen molar-refractivity contribution >= 4 is 10.9 Å². The Labute approximate surface area is 136 Å². The van der Waals surface area contributed by atoms with Crippen LogP contribution in [0.15, 0.2) is 36.4 Å². The second-order valence-electron chi connectivity index (χ2n) is 5.27. The standard InChI is InChI=1S/C19H21NO3/c1-5-12-8-6-7-9-13(12)14-10-11-15-16(17(14)21-2)18(22-3)19(20-15)23-4/h6-11,20H,5H2,1-4H3. The number of hydrogen-bond acceptors (Lipinski definition) is 3. The smallest absolute Gasteiger partial charge is 0.235 e. The SMILES string of the molecule is CCc1ccccc1-c1ccc2[nH]c(OC)c(OC)c2c1OC. The monoisotopic (exact) mass is 311 g/mol. The number of aryl methyl sites for hydroxylation is 1. The number of benzene rings is 2. The summed E-state index contributed by atoms with van der Waals surface area (Å²) < 4.78 is 16.7. The van der Waals surface area contributed by atoms with Crippen LogP contribution in [-0.2, 0) is 6.42 Å². The summed E-state index contributed by atoms with van der Waals surface area (Å²) in [6, 6.07) is 12.5. The molecule has 0 aliphatic heterocycles. The van der Waals surface area contributed by atoms with Gasteiger partial charge < -0.3 is 19.2 Å². The average molecular weight is 311 g/mol. The predicted octanol–water partition coefficient (Wildman–Crippen LogP) is 4.42. The first-order chi connectivity index (χ1) is 11.2. The highest BCUT2D eigenvalue weighted by Gasteiger charge is 2.21. The van der Waals surface area contributed by atoms with Gasteiger partial charge in [-0.3, -0.25) is 0 Å². The van der Waals surface area contributed by atoms with E-state index in [9.17, 15) is 0 Å². The number of rotatable bonds is 5. The van der Waals surface area contributed by atoms with Crippen molar-refractivity contribution in [1.82, 2.24) is 4.98 Å². The molecule has 0 saturated carbocycles. The molecule has 0 aliphatic carbocycles. The zero-order valence-corrected chi connectivity index (χ0v) is 13.9. The van der Waals surface area contributed by atoms with Crippen molar-refractivity contribution in [3.8, 4) is 28.5 Å². The van der Waals surface area contributed by atoms with Crippen LogP contribution in [0.3, 0.4) is 0 Å². The summed E-state index contributed by atoms with van der Waals surface area (Å²) in [6.45, 7) is 2.16. The van der Waals surface area contributed by atoms with Gasteiger partial charge in [0.1, 0.15) is 5.75 Å². The van der Waals surface area contributed by atoms with Crippen LogP contribution in [0.25, 0.3) is 22.0 Å². The van der Waals surface area contributed by atoms with E-state index >= 15 is 0 Å². The maximum atomic E-state index is 5.76. The highest BCUT2D eigenvalue weighted by atomic mass is 16.5. The van der Waals surface area contributed by atoms with Crippen LogP contribution in [0.1, 0.15) is 12.5 Å². The minimum atomic E-state index is 0.599. The second-order valence-corrected chi connectivity index (χ2v) is 5.27. The molecule has 0 saturated heterocycles. The minimum absolute atomic E-state index is 0.599. The van der Waals surface area contributed by atoms with E-state index < -0.39 is 0 Å². The van der Waals surface area contributed by atoms with Crippen LogP contribution in [0.4, 0.5) is 0 Å². The number of fused-ring (bicyclic) bond motifs is 1. The molecule has 0 unspecified atom stereocenters. The van der Waals surface area contributed by atoms with Gasteiger partial charge >= 0.3 is 0 Å². The number of hydrogen-bond donors (Lipinski definition) is 1. The van der Waals surface area contributed by atoms with Crippen LogP contribution >= 0.6 is 0 Å². The highest BCUT2D eigenvalue weighted by Crippen LogP contribution is 2.46. The molecule has 0 radical (unpaired) electrons. The molecule has 23 heavy (non-hydrogen) atoms. The molecule has 0 amide bonds. The molecule has 3 rings (SSSR count). The molecule has 120 valence electrons. The van der Waals surface area contributed by atoms with Crippen molar-refractivity contribution in [2.75, 3.05) is 21.3 Å². The van der Waals surface area contributed by atoms with E-state index in [0.717, 1.165) is 28.6 Å². The molecule has 3 aromatic rings. The molecule has 4 heteroatoms. The number of H-pyrrole nitrogens is 1. The van der Waals surface area contributed by atoms with E-state index in [1.165, 1.54) is 11.1 Å². The van der Waals surface area contributed by atoms with E-state index in [2.05, 4.69) is 36.2 Å². The topological polar surface area (TPSA) is 43.5 Å². The summed E-state index contributed by atoms with van der Waals surface area (Å²) in [7, 11) is 4.94. The van der Waals surface area contributed by atoms with Crippen molar-refractivity contribution in [3.63, 3.8) is 0 Å². The molecule has 1 heterocycles. The normalized spacial score (nSPS) is 10.8. The van der Waals surface area contributed by atoms with E-state index in [0.29, 0.717) is 11.6 Å². The van der Waals surface area contributed by atoms with Crippen LogP contribution in [0.5, 0.6) is 17.4 Å². The zero-order chi connectivity index (χ0) is 16.4. The Hall–Kier alpha value is -2.62. The third kappa shape index (κ3) is 2.40. The Morgan fingerprint density at radius 3 is 2.22 bits per heavy atom. The molecule has 1 N–H and O–H groups in total. The number of aromatic amines is 1. The van der Waals surface area contributed by atoms with Crippen LogP contribution < -0.4 is 14.2 Å². The Bertz CT molecular complexity index is 836. The lowest BCUT2D eigenvalue weighted by Crippen LogP contribution is -1.93. The quantitative estimate of drug-likeness (QED) is 0.758. The van der Waals surface area contributed by atoms with Crippen LogP contribution in [0.2, 0.25) is 0 Å². The lowest BCUT2D eigenvalue weighted by atomic mass is 9.96. The fraction of sp³-hybridized carbons (Fsp3) is 0.263. The molecule has 1 aromatic heterocycles. The first kappa shape index (κ1) is 15.3. The molecular formula is C19H21NO3. The molecule has 0 spiro atoms. The fourth-order valence-corrected chi connectivity index (χ4v) is 3.06. The largest absolute Gasteiger partial charge is 0.495 e. The molecule has 0 fully saturated rings. The van der Waals surface area contributed by atoms with Crippen LogP contribution in [0, 0.1) is 0 Å². The molecular weight excluding hydrogens is 290 g/mol. The van der Waals surface area contributed by atoms with E-state index in [1.807, 2.05) is 12.1 Å². The van der Waals surface area contributed by atoms with Gasteiger partial charge in [0, 0.05) is 5.56 Å². The summed E-state index contributed by atoms with van der Waals surface area (Å²) in [5.74, 6) is 2.05. The summed E-state index contributed by atoms with van der Waals surface area (Å²) in [5, 5.41) is 0.898. The summed E-state index contributed by atoms with van der Waals surface area (Å²) >= 11 is 0. The Morgan fingerprint density at radius 2 is 1.57 bits per heavy atom. The van der Waals surface area contributed by atoms with Gasteiger partial charge in [-0.25, -0.2) is 0 Å². The molecule has 0 bridgehead atoms. The van der Waals surface area contributed by atoms with Gasteiger partial charge in [-0.2, -0.15) is 0 Å². The van der Waals surface area contributed by atoms with Gasteiger partial charge in [-0.1, -0.05) is 31.2 Å². The van der Waals surface area contributed by atoms with Gasteiger partial charge in [-0.05, 0) is 29.7 Å². The van der Waals surface area contributed by atoms with Gasteiger partial charge in [0.2, 0.25) is 5.88 Å². The van der Waals surface area contributed by atoms with E-state index in [1.54, 1.807) is 21.3 Å². The number of nitrogens with one attached hydrogen (secondary N) is 1. The van der Waals surface area contributed by atoms with Gasteiger partial charge in [-0.15, -0.1) is 0 Å². The Morgan fingerprint density at radius 1 is 0.826 bits per heavy atom. The predicted molar refractivity (Wildman–Crippen MR) is 92.8 cm³/mol. The maximum absolute atomic E-state index is 5.76. The summed E-state index contributed by atoms with van der Waals surface area (Å²) in [5.41, 5.74) is 4.44. The lowest BCUT2D eigenvalue weighted by Gasteiger charge is -2.14. The fourth-order valence-electron chi connectivity index (χ4n) is 3.06. The first-order valence-corrected chi connectivity index (χ1v) is 7.64. The number of methoxy groups -OCH3 is 3. The zero-order valence-electron chi connectivity index (χ0n) is 13.9. The van der Waals surface area contributed by atoms with Crippen LogP contribution in [-0.4, -0.2) is 26.3 Å². The number of ether oxygens (including phenoxy) is 3. The van der Waals surface area contributed by atoms with Gasteiger partial charge in [0.05, 0.1) is 32.2 Å². The summed E-state index contributed by atoms with van der Waals surface area (Å²) in [4.78, 5) is 3.22. The van der Waals surface area contributed by atoms with Gasteiger partial charge in [0.25, 0.3) is 0 Å². The Kier molecular flexibility index (Phi) is 4.15. The first-order valence-electron chi connectivity index (χ1n) is 7.64. The highest BCUT2D eigenvalue weighted by molar-refractivity contribution is 6.00. The van der Waals surface area contributed by atoms with Gasteiger partial charge in [0.15, 0.2) is 5.75 Å². The van der Waals surface area contributed by atoms with Crippen molar-refractivity contribution in [3.05, 3.63) is 42.0 Å².